The quantitative estimate of drug-likeness (QED) is 0.363. The number of piperidine rings is 1. The van der Waals surface area contributed by atoms with E-state index in [2.05, 4.69) is 31.9 Å². The van der Waals surface area contributed by atoms with Crippen molar-refractivity contribution in [2.75, 3.05) is 13.1 Å². The van der Waals surface area contributed by atoms with E-state index in [4.69, 9.17) is 0 Å². The molecular formula is C25H19Br2NO3S. The summed E-state index contributed by atoms with van der Waals surface area (Å²) in [5.41, 5.74) is 2.53. The van der Waals surface area contributed by atoms with Gasteiger partial charge in [0.25, 0.3) is 0 Å². The summed E-state index contributed by atoms with van der Waals surface area (Å²) < 4.78 is 29.9. The average Bonchev–Trinajstić information content (AvgIpc) is 2.80. The van der Waals surface area contributed by atoms with Gasteiger partial charge in [-0.25, -0.2) is 8.42 Å². The second-order valence-corrected chi connectivity index (χ2v) is 11.1. The molecule has 3 aromatic carbocycles. The lowest BCUT2D eigenvalue weighted by Gasteiger charge is -2.29. The average molecular weight is 573 g/mol. The van der Waals surface area contributed by atoms with E-state index in [1.165, 1.54) is 4.31 Å². The van der Waals surface area contributed by atoms with Crippen LogP contribution in [-0.2, 0) is 14.8 Å². The van der Waals surface area contributed by atoms with Gasteiger partial charge in [-0.2, -0.15) is 4.31 Å². The number of rotatable bonds is 4. The molecule has 4 rings (SSSR count). The van der Waals surface area contributed by atoms with Gasteiger partial charge in [-0.3, -0.25) is 4.79 Å². The monoisotopic (exact) mass is 571 g/mol. The van der Waals surface area contributed by atoms with Gasteiger partial charge >= 0.3 is 0 Å². The molecule has 0 unspecified atom stereocenters. The molecule has 32 heavy (non-hydrogen) atoms. The summed E-state index contributed by atoms with van der Waals surface area (Å²) in [6.07, 6.45) is 3.52. The lowest BCUT2D eigenvalue weighted by Crippen LogP contribution is -2.41. The van der Waals surface area contributed by atoms with E-state index < -0.39 is 10.0 Å². The number of ketones is 1. The van der Waals surface area contributed by atoms with Crippen molar-refractivity contribution in [2.24, 2.45) is 0 Å². The fourth-order valence-corrected chi connectivity index (χ4v) is 5.39. The summed E-state index contributed by atoms with van der Waals surface area (Å²) in [6.45, 7) is 0.0353. The Balaban J connectivity index is 1.77. The van der Waals surface area contributed by atoms with Crippen LogP contribution in [0.5, 0.6) is 0 Å². The van der Waals surface area contributed by atoms with Gasteiger partial charge in [-0.15, -0.1) is 0 Å². The van der Waals surface area contributed by atoms with Gasteiger partial charge in [0.1, 0.15) is 0 Å². The first kappa shape index (κ1) is 22.9. The Bertz CT molecular complexity index is 1230. The van der Waals surface area contributed by atoms with Gasteiger partial charge in [-0.1, -0.05) is 74.3 Å². The number of hydrogen-bond acceptors (Lipinski definition) is 3. The van der Waals surface area contributed by atoms with E-state index in [0.29, 0.717) is 11.1 Å². The SMILES string of the molecule is O=C1/C(=C/c2ccc(Br)cc2)CN(S(=O)(=O)c2ccccc2)C/C1=C\c1ccc(Br)cc1. The normalized spacial score (nSPS) is 17.8. The molecule has 0 bridgehead atoms. The minimum absolute atomic E-state index is 0.0177. The summed E-state index contributed by atoms with van der Waals surface area (Å²) in [5, 5.41) is 0. The van der Waals surface area contributed by atoms with Gasteiger partial charge in [0, 0.05) is 33.2 Å². The Morgan fingerprint density at radius 1 is 0.688 bits per heavy atom. The fourth-order valence-electron chi connectivity index (χ4n) is 3.44. The molecule has 0 spiro atoms. The van der Waals surface area contributed by atoms with E-state index in [1.807, 2.05) is 48.5 Å². The number of nitrogens with zero attached hydrogens (tertiary/aromatic N) is 1. The van der Waals surface area contributed by atoms with Crippen molar-refractivity contribution in [2.45, 2.75) is 4.90 Å². The molecule has 4 nitrogen and oxygen atoms in total. The first-order valence-corrected chi connectivity index (χ1v) is 12.9. The predicted molar refractivity (Wildman–Crippen MR) is 134 cm³/mol. The molecule has 162 valence electrons. The van der Waals surface area contributed by atoms with Crippen LogP contribution in [0.2, 0.25) is 0 Å². The van der Waals surface area contributed by atoms with Crippen LogP contribution in [0.15, 0.2) is 104 Å². The standard InChI is InChI=1S/C25H19Br2NO3S/c26-22-10-6-18(7-11-22)14-20-16-28(32(30,31)24-4-2-1-3-5-24)17-21(25(20)29)15-19-8-12-23(27)13-9-19/h1-15H,16-17H2/b20-14+,21-15+. The summed E-state index contributed by atoms with van der Waals surface area (Å²) in [4.78, 5) is 13.5. The van der Waals surface area contributed by atoms with Gasteiger partial charge in [0.05, 0.1) is 4.90 Å². The third kappa shape index (κ3) is 5.18. The van der Waals surface area contributed by atoms with Gasteiger partial charge < -0.3 is 0 Å². The van der Waals surface area contributed by atoms with Crippen LogP contribution in [0, 0.1) is 0 Å². The van der Waals surface area contributed by atoms with E-state index >= 15 is 0 Å². The maximum Gasteiger partial charge on any atom is 0.243 e. The number of benzene rings is 3. The van der Waals surface area contributed by atoms with Crippen LogP contribution in [-0.4, -0.2) is 31.6 Å². The zero-order chi connectivity index (χ0) is 22.7. The maximum atomic E-state index is 13.3. The molecule has 0 aromatic heterocycles. The number of halogens is 2. The Hall–Kier alpha value is -2.32. The Morgan fingerprint density at radius 2 is 1.12 bits per heavy atom. The first-order chi connectivity index (χ1) is 15.3. The predicted octanol–water partition coefficient (Wildman–Crippen LogP) is 5.95. The number of sulfonamides is 1. The van der Waals surface area contributed by atoms with Crippen LogP contribution < -0.4 is 0 Å². The maximum absolute atomic E-state index is 13.3. The van der Waals surface area contributed by atoms with Crippen molar-refractivity contribution in [3.8, 4) is 0 Å². The molecule has 1 heterocycles. The van der Waals surface area contributed by atoms with E-state index in [1.54, 1.807) is 42.5 Å². The van der Waals surface area contributed by atoms with Gasteiger partial charge in [0.15, 0.2) is 5.78 Å². The second kappa shape index (κ2) is 9.67. The number of hydrogen-bond donors (Lipinski definition) is 0. The van der Waals surface area contributed by atoms with E-state index in [-0.39, 0.29) is 23.8 Å². The van der Waals surface area contributed by atoms with Gasteiger partial charge in [-0.05, 0) is 59.7 Å². The Morgan fingerprint density at radius 3 is 1.56 bits per heavy atom. The summed E-state index contributed by atoms with van der Waals surface area (Å²) in [5.74, 6) is -0.143. The summed E-state index contributed by atoms with van der Waals surface area (Å²) >= 11 is 6.82. The van der Waals surface area contributed by atoms with Crippen molar-refractivity contribution < 1.29 is 13.2 Å². The highest BCUT2D eigenvalue weighted by Crippen LogP contribution is 2.27. The minimum atomic E-state index is -3.76. The molecule has 0 aliphatic carbocycles. The number of Topliss-reactive ketones (excluding diaryl/α,β-unsaturated/α-hetero) is 1. The minimum Gasteiger partial charge on any atom is -0.289 e. The highest BCUT2D eigenvalue weighted by atomic mass is 79.9. The molecule has 0 radical (unpaired) electrons. The van der Waals surface area contributed by atoms with Crippen molar-refractivity contribution in [1.82, 2.24) is 4.31 Å². The molecule has 0 N–H and O–H groups in total. The van der Waals surface area contributed by atoms with Crippen LogP contribution in [0.3, 0.4) is 0 Å². The molecule has 7 heteroatoms. The van der Waals surface area contributed by atoms with Crippen molar-refractivity contribution in [3.63, 3.8) is 0 Å². The van der Waals surface area contributed by atoms with Gasteiger partial charge in [0.2, 0.25) is 10.0 Å². The molecule has 0 amide bonds. The highest BCUT2D eigenvalue weighted by Gasteiger charge is 2.34. The first-order valence-electron chi connectivity index (χ1n) is 9.85. The fraction of sp³-hybridized carbons (Fsp3) is 0.0800. The highest BCUT2D eigenvalue weighted by molar-refractivity contribution is 9.10. The van der Waals surface area contributed by atoms with Crippen molar-refractivity contribution in [1.29, 1.82) is 0 Å². The molecular weight excluding hydrogens is 554 g/mol. The second-order valence-electron chi connectivity index (χ2n) is 7.36. The third-order valence-electron chi connectivity index (χ3n) is 5.08. The molecule has 1 saturated heterocycles. The molecule has 3 aromatic rings. The third-order valence-corrected chi connectivity index (χ3v) is 7.94. The van der Waals surface area contributed by atoms with Crippen LogP contribution in [0.1, 0.15) is 11.1 Å². The van der Waals surface area contributed by atoms with Crippen molar-refractivity contribution >= 4 is 59.8 Å². The largest absolute Gasteiger partial charge is 0.289 e. The Kier molecular flexibility index (Phi) is 6.90. The van der Waals surface area contributed by atoms with Crippen molar-refractivity contribution in [3.05, 3.63) is 110 Å². The molecule has 1 aliphatic heterocycles. The molecule has 1 fully saturated rings. The smallest absolute Gasteiger partial charge is 0.243 e. The van der Waals surface area contributed by atoms with Crippen LogP contribution in [0.25, 0.3) is 12.2 Å². The summed E-state index contributed by atoms with van der Waals surface area (Å²) in [7, 11) is -3.76. The van der Waals surface area contributed by atoms with E-state index in [9.17, 15) is 13.2 Å². The zero-order valence-electron chi connectivity index (χ0n) is 16.9. The molecule has 0 atom stereocenters. The van der Waals surface area contributed by atoms with E-state index in [0.717, 1.165) is 20.1 Å². The molecule has 0 saturated carbocycles. The lowest BCUT2D eigenvalue weighted by atomic mass is 9.95. The number of carbonyl (C=O) groups excluding carboxylic acids is 1. The Labute approximate surface area is 204 Å². The van der Waals surface area contributed by atoms with Crippen LogP contribution in [0.4, 0.5) is 0 Å². The topological polar surface area (TPSA) is 54.5 Å². The number of carbonyl (C=O) groups is 1. The zero-order valence-corrected chi connectivity index (χ0v) is 20.9. The lowest BCUT2D eigenvalue weighted by molar-refractivity contribution is -0.113. The van der Waals surface area contributed by atoms with Crippen LogP contribution >= 0.6 is 31.9 Å². The molecule has 1 aliphatic rings. The summed E-state index contributed by atoms with van der Waals surface area (Å²) in [6, 6.07) is 23.4.